The SMILES string of the molecule is CCNCCNC(=O)c1sc(NC(=O)c2ccc(F)cc2Cl)cc1C. The van der Waals surface area contributed by atoms with E-state index >= 15 is 0 Å². The molecule has 0 bridgehead atoms. The van der Waals surface area contributed by atoms with E-state index in [4.69, 9.17) is 11.6 Å². The van der Waals surface area contributed by atoms with Gasteiger partial charge in [0.25, 0.3) is 11.8 Å². The van der Waals surface area contributed by atoms with Crippen molar-refractivity contribution in [2.45, 2.75) is 13.8 Å². The molecule has 5 nitrogen and oxygen atoms in total. The Bertz CT molecular complexity index is 779. The molecule has 1 aromatic heterocycles. The molecule has 0 spiro atoms. The predicted octanol–water partition coefficient (Wildman–Crippen LogP) is 3.44. The maximum absolute atomic E-state index is 13.1. The van der Waals surface area contributed by atoms with Gasteiger partial charge in [0.15, 0.2) is 0 Å². The van der Waals surface area contributed by atoms with E-state index in [1.165, 1.54) is 23.5 Å². The van der Waals surface area contributed by atoms with Crippen LogP contribution in [0.15, 0.2) is 24.3 Å². The van der Waals surface area contributed by atoms with Crippen molar-refractivity contribution in [3.8, 4) is 0 Å². The third-order valence-corrected chi connectivity index (χ3v) is 4.84. The molecule has 8 heteroatoms. The van der Waals surface area contributed by atoms with Crippen molar-refractivity contribution < 1.29 is 14.0 Å². The van der Waals surface area contributed by atoms with E-state index in [0.29, 0.717) is 23.0 Å². The topological polar surface area (TPSA) is 70.2 Å². The highest BCUT2D eigenvalue weighted by molar-refractivity contribution is 7.18. The van der Waals surface area contributed by atoms with Crippen LogP contribution in [-0.4, -0.2) is 31.4 Å². The third-order valence-electron chi connectivity index (χ3n) is 3.37. The zero-order valence-electron chi connectivity index (χ0n) is 13.9. The van der Waals surface area contributed by atoms with E-state index in [2.05, 4.69) is 16.0 Å². The number of benzene rings is 1. The average Bonchev–Trinajstić information content (AvgIpc) is 2.91. The van der Waals surface area contributed by atoms with Crippen LogP contribution in [0.25, 0.3) is 0 Å². The fraction of sp³-hybridized carbons (Fsp3) is 0.294. The Morgan fingerprint density at radius 1 is 1.20 bits per heavy atom. The molecule has 0 fully saturated rings. The normalized spacial score (nSPS) is 10.6. The number of rotatable bonds is 7. The standard InChI is InChI=1S/C17H19ClFN3O2S/c1-3-20-6-7-21-17(24)15-10(2)8-14(25-15)22-16(23)12-5-4-11(19)9-13(12)18/h4-5,8-9,20H,3,6-7H2,1-2H3,(H,21,24)(H,22,23). The average molecular weight is 384 g/mol. The molecule has 0 atom stereocenters. The Hall–Kier alpha value is -1.96. The first-order valence-corrected chi connectivity index (χ1v) is 8.97. The minimum atomic E-state index is -0.509. The van der Waals surface area contributed by atoms with Crippen LogP contribution >= 0.6 is 22.9 Å². The van der Waals surface area contributed by atoms with Crippen molar-refractivity contribution in [3.63, 3.8) is 0 Å². The number of aryl methyl sites for hydroxylation is 1. The van der Waals surface area contributed by atoms with Gasteiger partial charge in [0.2, 0.25) is 0 Å². The first kappa shape index (κ1) is 19.4. The fourth-order valence-electron chi connectivity index (χ4n) is 2.14. The first-order valence-electron chi connectivity index (χ1n) is 7.78. The molecule has 3 N–H and O–H groups in total. The summed E-state index contributed by atoms with van der Waals surface area (Å²) >= 11 is 7.07. The molecular formula is C17H19ClFN3O2S. The van der Waals surface area contributed by atoms with Gasteiger partial charge in [-0.3, -0.25) is 9.59 Å². The van der Waals surface area contributed by atoms with Gasteiger partial charge >= 0.3 is 0 Å². The monoisotopic (exact) mass is 383 g/mol. The maximum Gasteiger partial charge on any atom is 0.261 e. The van der Waals surface area contributed by atoms with Crippen molar-refractivity contribution in [3.05, 3.63) is 51.1 Å². The molecule has 0 radical (unpaired) electrons. The quantitative estimate of drug-likeness (QED) is 0.641. The van der Waals surface area contributed by atoms with E-state index in [1.54, 1.807) is 13.0 Å². The summed E-state index contributed by atoms with van der Waals surface area (Å²) < 4.78 is 13.1. The lowest BCUT2D eigenvalue weighted by molar-refractivity contribution is 0.0956. The Kier molecular flexibility index (Phi) is 6.92. The van der Waals surface area contributed by atoms with Crippen molar-refractivity contribution >= 4 is 39.8 Å². The number of thiophene rings is 1. The second-order valence-corrected chi connectivity index (χ2v) is 6.77. The van der Waals surface area contributed by atoms with Gasteiger partial charge in [-0.1, -0.05) is 18.5 Å². The van der Waals surface area contributed by atoms with E-state index in [9.17, 15) is 14.0 Å². The Morgan fingerprint density at radius 2 is 1.96 bits per heavy atom. The number of nitrogens with one attached hydrogen (secondary N) is 3. The van der Waals surface area contributed by atoms with E-state index in [1.807, 2.05) is 6.92 Å². The zero-order valence-corrected chi connectivity index (χ0v) is 15.5. The maximum atomic E-state index is 13.1. The lowest BCUT2D eigenvalue weighted by Gasteiger charge is -2.05. The van der Waals surface area contributed by atoms with Gasteiger partial charge in [-0.05, 0) is 43.3 Å². The van der Waals surface area contributed by atoms with E-state index in [-0.39, 0.29) is 16.5 Å². The molecule has 2 rings (SSSR count). The van der Waals surface area contributed by atoms with Crippen molar-refractivity contribution in [1.29, 1.82) is 0 Å². The summed E-state index contributed by atoms with van der Waals surface area (Å²) in [6, 6.07) is 5.30. The number of amides is 2. The van der Waals surface area contributed by atoms with Gasteiger partial charge in [-0.2, -0.15) is 0 Å². The van der Waals surface area contributed by atoms with Gasteiger partial charge < -0.3 is 16.0 Å². The molecule has 134 valence electrons. The van der Waals surface area contributed by atoms with Crippen LogP contribution < -0.4 is 16.0 Å². The molecule has 25 heavy (non-hydrogen) atoms. The lowest BCUT2D eigenvalue weighted by atomic mass is 10.2. The molecule has 0 aliphatic heterocycles. The van der Waals surface area contributed by atoms with Crippen molar-refractivity contribution in [2.24, 2.45) is 0 Å². The Balaban J connectivity index is 2.04. The number of carbonyl (C=O) groups is 2. The van der Waals surface area contributed by atoms with Crippen molar-refractivity contribution in [1.82, 2.24) is 10.6 Å². The molecule has 0 aliphatic rings. The number of anilines is 1. The largest absolute Gasteiger partial charge is 0.350 e. The third kappa shape index (κ3) is 5.26. The van der Waals surface area contributed by atoms with Gasteiger partial charge in [0.05, 0.1) is 20.5 Å². The predicted molar refractivity (Wildman–Crippen MR) is 99.3 cm³/mol. The van der Waals surface area contributed by atoms with Crippen molar-refractivity contribution in [2.75, 3.05) is 25.0 Å². The number of likely N-dealkylation sites (N-methyl/N-ethyl adjacent to an activating group) is 1. The smallest absolute Gasteiger partial charge is 0.261 e. The van der Waals surface area contributed by atoms with E-state index < -0.39 is 11.7 Å². The van der Waals surface area contributed by atoms with Gasteiger partial charge in [-0.15, -0.1) is 11.3 Å². The lowest BCUT2D eigenvalue weighted by Crippen LogP contribution is -2.31. The highest BCUT2D eigenvalue weighted by Gasteiger charge is 2.16. The molecule has 1 heterocycles. The fourth-order valence-corrected chi connectivity index (χ4v) is 3.38. The first-order chi connectivity index (χ1) is 11.9. The van der Waals surface area contributed by atoms with Crippen LogP contribution in [0.4, 0.5) is 9.39 Å². The van der Waals surface area contributed by atoms with Crippen LogP contribution in [0.3, 0.4) is 0 Å². The summed E-state index contributed by atoms with van der Waals surface area (Å²) in [4.78, 5) is 25.0. The molecule has 0 saturated heterocycles. The summed E-state index contributed by atoms with van der Waals surface area (Å²) in [5.41, 5.74) is 0.942. The highest BCUT2D eigenvalue weighted by atomic mass is 35.5. The summed E-state index contributed by atoms with van der Waals surface area (Å²) in [7, 11) is 0. The van der Waals surface area contributed by atoms with Crippen LogP contribution in [0.5, 0.6) is 0 Å². The summed E-state index contributed by atoms with van der Waals surface area (Å²) in [5.74, 6) is -1.14. The number of hydrogen-bond donors (Lipinski definition) is 3. The summed E-state index contributed by atoms with van der Waals surface area (Å²) in [5, 5.41) is 9.20. The second kappa shape index (κ2) is 8.94. The minimum Gasteiger partial charge on any atom is -0.350 e. The zero-order chi connectivity index (χ0) is 18.4. The summed E-state index contributed by atoms with van der Waals surface area (Å²) in [6.07, 6.45) is 0. The summed E-state index contributed by atoms with van der Waals surface area (Å²) in [6.45, 7) is 5.86. The number of carbonyl (C=O) groups excluding carboxylic acids is 2. The minimum absolute atomic E-state index is 0.0344. The molecule has 2 amide bonds. The van der Waals surface area contributed by atoms with Crippen LogP contribution in [0.2, 0.25) is 5.02 Å². The van der Waals surface area contributed by atoms with Gasteiger partial charge in [-0.25, -0.2) is 4.39 Å². The molecule has 0 saturated carbocycles. The number of halogens is 2. The second-order valence-electron chi connectivity index (χ2n) is 5.31. The Labute approximate surface area is 154 Å². The molecule has 1 aromatic carbocycles. The molecule has 2 aromatic rings. The van der Waals surface area contributed by atoms with Gasteiger partial charge in [0, 0.05) is 13.1 Å². The van der Waals surface area contributed by atoms with Crippen LogP contribution in [0.1, 0.15) is 32.5 Å². The van der Waals surface area contributed by atoms with Crippen LogP contribution in [0, 0.1) is 12.7 Å². The molecular weight excluding hydrogens is 365 g/mol. The van der Waals surface area contributed by atoms with E-state index in [0.717, 1.165) is 18.2 Å². The molecule has 0 aliphatic carbocycles. The highest BCUT2D eigenvalue weighted by Crippen LogP contribution is 2.28. The van der Waals surface area contributed by atoms with Crippen LogP contribution in [-0.2, 0) is 0 Å². The number of hydrogen-bond acceptors (Lipinski definition) is 4. The Morgan fingerprint density at radius 3 is 2.64 bits per heavy atom. The molecule has 0 unspecified atom stereocenters. The van der Waals surface area contributed by atoms with Gasteiger partial charge in [0.1, 0.15) is 5.82 Å².